The zero-order valence-electron chi connectivity index (χ0n) is 8.85. The number of hydrogen-bond donors (Lipinski definition) is 1. The van der Waals surface area contributed by atoms with Crippen molar-refractivity contribution < 1.29 is 0 Å². The molecule has 15 heavy (non-hydrogen) atoms. The van der Waals surface area contributed by atoms with Gasteiger partial charge in [-0.1, -0.05) is 30.3 Å². The van der Waals surface area contributed by atoms with Gasteiger partial charge in [0.2, 0.25) is 0 Å². The summed E-state index contributed by atoms with van der Waals surface area (Å²) in [5.74, 6) is 1.08. The Kier molecular flexibility index (Phi) is 2.81. The summed E-state index contributed by atoms with van der Waals surface area (Å²) in [7, 11) is 0. The summed E-state index contributed by atoms with van der Waals surface area (Å²) in [5, 5.41) is 8.18. The average molecular weight is 201 g/mol. The first-order chi connectivity index (χ1) is 7.27. The number of nitrogens with zero attached hydrogens (tertiary/aromatic N) is 2. The van der Waals surface area contributed by atoms with Crippen LogP contribution in [0.15, 0.2) is 40.5 Å². The molecule has 0 spiro atoms. The standard InChI is InChI=1S/C12H15N3/c1-9(13)14-15-12(11-7-8-11)10-5-3-2-4-6-10/h2-6,11H,7-8H2,1H3,(H2,13,14)/b15-12-. The van der Waals surface area contributed by atoms with Crippen molar-refractivity contribution in [2.75, 3.05) is 0 Å². The first kappa shape index (κ1) is 9.90. The second kappa shape index (κ2) is 4.26. The molecule has 0 unspecified atom stereocenters. The van der Waals surface area contributed by atoms with Gasteiger partial charge in [0.25, 0.3) is 0 Å². The fourth-order valence-corrected chi connectivity index (χ4v) is 1.47. The monoisotopic (exact) mass is 201 g/mol. The normalized spacial score (nSPS) is 17.9. The van der Waals surface area contributed by atoms with Gasteiger partial charge in [-0.05, 0) is 25.3 Å². The van der Waals surface area contributed by atoms with Crippen LogP contribution in [0.4, 0.5) is 0 Å². The molecule has 0 saturated heterocycles. The van der Waals surface area contributed by atoms with Crippen LogP contribution in [-0.2, 0) is 0 Å². The summed E-state index contributed by atoms with van der Waals surface area (Å²) < 4.78 is 0. The molecular formula is C12H15N3. The number of hydrogen-bond acceptors (Lipinski definition) is 2. The van der Waals surface area contributed by atoms with Gasteiger partial charge in [0, 0.05) is 5.92 Å². The van der Waals surface area contributed by atoms with Crippen molar-refractivity contribution in [1.82, 2.24) is 0 Å². The molecule has 1 fully saturated rings. The topological polar surface area (TPSA) is 50.7 Å². The van der Waals surface area contributed by atoms with Gasteiger partial charge in [0.05, 0.1) is 5.71 Å². The van der Waals surface area contributed by atoms with E-state index in [4.69, 9.17) is 5.73 Å². The van der Waals surface area contributed by atoms with Gasteiger partial charge in [0.15, 0.2) is 0 Å². The summed E-state index contributed by atoms with van der Waals surface area (Å²) in [6.45, 7) is 1.75. The van der Waals surface area contributed by atoms with E-state index in [0.717, 1.165) is 11.3 Å². The van der Waals surface area contributed by atoms with E-state index in [1.54, 1.807) is 6.92 Å². The van der Waals surface area contributed by atoms with Gasteiger partial charge in [-0.2, -0.15) is 5.10 Å². The molecule has 0 bridgehead atoms. The van der Waals surface area contributed by atoms with E-state index in [1.165, 1.54) is 12.8 Å². The SMILES string of the molecule is C/C(N)=N/N=C(/c1ccccc1)C1CC1. The third kappa shape index (κ3) is 2.65. The highest BCUT2D eigenvalue weighted by molar-refractivity contribution is 6.03. The molecular weight excluding hydrogens is 186 g/mol. The molecule has 0 radical (unpaired) electrons. The van der Waals surface area contributed by atoms with E-state index in [1.807, 2.05) is 18.2 Å². The Labute approximate surface area is 89.7 Å². The summed E-state index contributed by atoms with van der Waals surface area (Å²) >= 11 is 0. The highest BCUT2D eigenvalue weighted by Gasteiger charge is 2.28. The largest absolute Gasteiger partial charge is 0.386 e. The van der Waals surface area contributed by atoms with E-state index >= 15 is 0 Å². The maximum atomic E-state index is 5.48. The Morgan fingerprint density at radius 2 is 1.87 bits per heavy atom. The van der Waals surface area contributed by atoms with Crippen molar-refractivity contribution in [3.63, 3.8) is 0 Å². The molecule has 3 nitrogen and oxygen atoms in total. The predicted octanol–water partition coefficient (Wildman–Crippen LogP) is 2.18. The minimum Gasteiger partial charge on any atom is -0.386 e. The zero-order chi connectivity index (χ0) is 10.7. The summed E-state index contributed by atoms with van der Waals surface area (Å²) in [6.07, 6.45) is 2.43. The summed E-state index contributed by atoms with van der Waals surface area (Å²) in [6, 6.07) is 10.2. The molecule has 2 N–H and O–H groups in total. The molecule has 1 aliphatic rings. The number of rotatable bonds is 3. The van der Waals surface area contributed by atoms with Crippen molar-refractivity contribution >= 4 is 11.5 Å². The summed E-state index contributed by atoms with van der Waals surface area (Å²) in [5.41, 5.74) is 7.71. The molecule has 1 aliphatic carbocycles. The Balaban J connectivity index is 2.28. The predicted molar refractivity (Wildman–Crippen MR) is 63.0 cm³/mol. The van der Waals surface area contributed by atoms with Crippen LogP contribution in [0.1, 0.15) is 25.3 Å². The van der Waals surface area contributed by atoms with E-state index in [0.29, 0.717) is 11.8 Å². The number of nitrogens with two attached hydrogens (primary N) is 1. The number of benzene rings is 1. The highest BCUT2D eigenvalue weighted by Crippen LogP contribution is 2.33. The Bertz CT molecular complexity index is 385. The first-order valence-corrected chi connectivity index (χ1v) is 5.20. The average Bonchev–Trinajstić information content (AvgIpc) is 3.03. The molecule has 1 aromatic carbocycles. The van der Waals surface area contributed by atoms with Crippen LogP contribution < -0.4 is 5.73 Å². The molecule has 0 heterocycles. The molecule has 0 aliphatic heterocycles. The molecule has 0 amide bonds. The van der Waals surface area contributed by atoms with Crippen LogP contribution in [0.5, 0.6) is 0 Å². The maximum Gasteiger partial charge on any atom is 0.119 e. The van der Waals surface area contributed by atoms with Gasteiger partial charge in [-0.15, -0.1) is 5.10 Å². The maximum absolute atomic E-state index is 5.48. The van der Waals surface area contributed by atoms with Crippen LogP contribution >= 0.6 is 0 Å². The van der Waals surface area contributed by atoms with Crippen LogP contribution in [0.2, 0.25) is 0 Å². The lowest BCUT2D eigenvalue weighted by Crippen LogP contribution is -2.07. The van der Waals surface area contributed by atoms with Crippen molar-refractivity contribution in [2.45, 2.75) is 19.8 Å². The van der Waals surface area contributed by atoms with E-state index < -0.39 is 0 Å². The van der Waals surface area contributed by atoms with Crippen molar-refractivity contribution in [2.24, 2.45) is 21.9 Å². The van der Waals surface area contributed by atoms with Crippen molar-refractivity contribution in [1.29, 1.82) is 0 Å². The molecule has 2 rings (SSSR count). The van der Waals surface area contributed by atoms with Gasteiger partial charge < -0.3 is 5.73 Å². The second-order valence-corrected chi connectivity index (χ2v) is 3.87. The first-order valence-electron chi connectivity index (χ1n) is 5.20. The lowest BCUT2D eigenvalue weighted by Gasteiger charge is -2.02. The Hall–Kier alpha value is -1.64. The second-order valence-electron chi connectivity index (χ2n) is 3.87. The minimum absolute atomic E-state index is 0.504. The molecule has 0 atom stereocenters. The van der Waals surface area contributed by atoms with Gasteiger partial charge in [-0.25, -0.2) is 0 Å². The third-order valence-corrected chi connectivity index (χ3v) is 2.35. The third-order valence-electron chi connectivity index (χ3n) is 2.35. The lowest BCUT2D eigenvalue weighted by atomic mass is 10.1. The van der Waals surface area contributed by atoms with Crippen molar-refractivity contribution in [3.8, 4) is 0 Å². The van der Waals surface area contributed by atoms with E-state index in [2.05, 4.69) is 22.3 Å². The Morgan fingerprint density at radius 3 is 2.40 bits per heavy atom. The van der Waals surface area contributed by atoms with E-state index in [-0.39, 0.29) is 0 Å². The zero-order valence-corrected chi connectivity index (χ0v) is 8.85. The fourth-order valence-electron chi connectivity index (χ4n) is 1.47. The molecule has 3 heteroatoms. The van der Waals surface area contributed by atoms with Crippen LogP contribution in [0.3, 0.4) is 0 Å². The van der Waals surface area contributed by atoms with Gasteiger partial charge in [-0.3, -0.25) is 0 Å². The van der Waals surface area contributed by atoms with E-state index in [9.17, 15) is 0 Å². The molecule has 1 aromatic rings. The van der Waals surface area contributed by atoms with Crippen molar-refractivity contribution in [3.05, 3.63) is 35.9 Å². The quantitative estimate of drug-likeness (QED) is 0.455. The Morgan fingerprint density at radius 1 is 1.20 bits per heavy atom. The molecule has 1 saturated carbocycles. The van der Waals surface area contributed by atoms with Crippen LogP contribution in [0, 0.1) is 5.92 Å². The van der Waals surface area contributed by atoms with Gasteiger partial charge in [0.1, 0.15) is 5.84 Å². The van der Waals surface area contributed by atoms with Crippen LogP contribution in [0.25, 0.3) is 0 Å². The molecule has 0 aromatic heterocycles. The lowest BCUT2D eigenvalue weighted by molar-refractivity contribution is 1.11. The number of amidine groups is 1. The van der Waals surface area contributed by atoms with Gasteiger partial charge >= 0.3 is 0 Å². The highest BCUT2D eigenvalue weighted by atomic mass is 15.2. The molecule has 78 valence electrons. The smallest absolute Gasteiger partial charge is 0.119 e. The van der Waals surface area contributed by atoms with Crippen LogP contribution in [-0.4, -0.2) is 11.5 Å². The minimum atomic E-state index is 0.504. The summed E-state index contributed by atoms with van der Waals surface area (Å²) in [4.78, 5) is 0. The fraction of sp³-hybridized carbons (Fsp3) is 0.333.